The Labute approximate surface area is 103 Å². The van der Waals surface area contributed by atoms with Gasteiger partial charge in [-0.3, -0.25) is 0 Å². The van der Waals surface area contributed by atoms with Gasteiger partial charge in [0.2, 0.25) is 0 Å². The average molecular weight is 267 g/mol. The molecule has 2 aliphatic rings. The van der Waals surface area contributed by atoms with E-state index in [-0.39, 0.29) is 0 Å². The van der Waals surface area contributed by atoms with Crippen LogP contribution in [0.4, 0.5) is 13.2 Å². The summed E-state index contributed by atoms with van der Waals surface area (Å²) in [5.74, 6) is -3.54. The number of oxime groups is 1. The molecule has 2 heterocycles. The standard InChI is InChI=1S/C11H16F3NO3/c1-2-3-6-16-9-5-4-8-7-15-18-10(8,17-9)11(12,13)14/h7-9H,2-6H2,1H3. The summed E-state index contributed by atoms with van der Waals surface area (Å²) in [6, 6.07) is 0. The van der Waals surface area contributed by atoms with Crippen LogP contribution in [0.5, 0.6) is 0 Å². The van der Waals surface area contributed by atoms with Gasteiger partial charge >= 0.3 is 12.0 Å². The molecule has 18 heavy (non-hydrogen) atoms. The molecule has 0 aromatic rings. The Morgan fingerprint density at radius 1 is 1.44 bits per heavy atom. The van der Waals surface area contributed by atoms with Gasteiger partial charge in [-0.05, 0) is 19.3 Å². The zero-order valence-corrected chi connectivity index (χ0v) is 10.1. The largest absolute Gasteiger partial charge is 0.458 e. The predicted octanol–water partition coefficient (Wildman–Crippen LogP) is 2.83. The summed E-state index contributed by atoms with van der Waals surface area (Å²) < 4.78 is 49.5. The van der Waals surface area contributed by atoms with Crippen LogP contribution in [-0.2, 0) is 14.3 Å². The first kappa shape index (κ1) is 13.6. The number of fused-ring (bicyclic) bond motifs is 1. The lowest BCUT2D eigenvalue weighted by atomic mass is 9.91. The summed E-state index contributed by atoms with van der Waals surface area (Å²) in [5, 5.41) is 3.27. The zero-order chi connectivity index (χ0) is 13.2. The van der Waals surface area contributed by atoms with Crippen LogP contribution in [-0.4, -0.2) is 31.1 Å². The van der Waals surface area contributed by atoms with E-state index in [2.05, 4.69) is 9.99 Å². The van der Waals surface area contributed by atoms with E-state index in [1.165, 1.54) is 0 Å². The number of ether oxygens (including phenoxy) is 2. The number of unbranched alkanes of at least 4 members (excludes halogenated alkanes) is 1. The Morgan fingerprint density at radius 3 is 2.89 bits per heavy atom. The lowest BCUT2D eigenvalue weighted by molar-refractivity contribution is -0.430. The Morgan fingerprint density at radius 2 is 2.22 bits per heavy atom. The van der Waals surface area contributed by atoms with Crippen LogP contribution < -0.4 is 0 Å². The monoisotopic (exact) mass is 267 g/mol. The SMILES string of the molecule is CCCCOC1CCC2C=NOC2(C(F)(F)F)O1. The summed E-state index contributed by atoms with van der Waals surface area (Å²) in [6.45, 7) is 2.37. The van der Waals surface area contributed by atoms with E-state index in [1.807, 2.05) is 6.92 Å². The van der Waals surface area contributed by atoms with Gasteiger partial charge in [0.1, 0.15) is 0 Å². The van der Waals surface area contributed by atoms with Gasteiger partial charge in [0.15, 0.2) is 6.29 Å². The van der Waals surface area contributed by atoms with Gasteiger partial charge < -0.3 is 14.3 Å². The van der Waals surface area contributed by atoms with Gasteiger partial charge in [0.25, 0.3) is 0 Å². The normalized spacial score (nSPS) is 35.3. The molecule has 0 aromatic heterocycles. The third kappa shape index (κ3) is 2.33. The summed E-state index contributed by atoms with van der Waals surface area (Å²) in [5.41, 5.74) is 0. The van der Waals surface area contributed by atoms with E-state index in [0.717, 1.165) is 19.1 Å². The molecule has 0 aromatic carbocycles. The number of nitrogens with zero attached hydrogens (tertiary/aromatic N) is 1. The van der Waals surface area contributed by atoms with Crippen LogP contribution in [0, 0.1) is 5.92 Å². The van der Waals surface area contributed by atoms with Crippen LogP contribution in [0.25, 0.3) is 0 Å². The molecule has 0 amide bonds. The minimum atomic E-state index is -4.62. The van der Waals surface area contributed by atoms with Crippen LogP contribution >= 0.6 is 0 Å². The van der Waals surface area contributed by atoms with Crippen LogP contribution in [0.15, 0.2) is 5.16 Å². The molecule has 7 heteroatoms. The highest BCUT2D eigenvalue weighted by atomic mass is 19.4. The fraction of sp³-hybridized carbons (Fsp3) is 0.909. The maximum atomic E-state index is 13.1. The van der Waals surface area contributed by atoms with Crippen LogP contribution in [0.1, 0.15) is 32.6 Å². The lowest BCUT2D eigenvalue weighted by Crippen LogP contribution is -2.57. The Hall–Kier alpha value is -0.820. The zero-order valence-electron chi connectivity index (χ0n) is 10.1. The average Bonchev–Trinajstić information content (AvgIpc) is 2.73. The predicted molar refractivity (Wildman–Crippen MR) is 56.8 cm³/mol. The highest BCUT2D eigenvalue weighted by Gasteiger charge is 2.68. The third-order valence-electron chi connectivity index (χ3n) is 3.13. The first-order chi connectivity index (χ1) is 8.49. The molecule has 0 radical (unpaired) electrons. The highest BCUT2D eigenvalue weighted by molar-refractivity contribution is 5.63. The van der Waals surface area contributed by atoms with Crippen molar-refractivity contribution in [3.8, 4) is 0 Å². The first-order valence-corrected chi connectivity index (χ1v) is 6.07. The number of alkyl halides is 3. The van der Waals surface area contributed by atoms with Crippen molar-refractivity contribution in [2.45, 2.75) is 50.9 Å². The van der Waals surface area contributed by atoms with Gasteiger partial charge in [0, 0.05) is 6.61 Å². The van der Waals surface area contributed by atoms with E-state index in [0.29, 0.717) is 19.4 Å². The molecular weight excluding hydrogens is 251 g/mol. The molecule has 0 spiro atoms. The van der Waals surface area contributed by atoms with Crippen LogP contribution in [0.2, 0.25) is 0 Å². The minimum Gasteiger partial charge on any atom is -0.352 e. The van der Waals surface area contributed by atoms with Gasteiger partial charge in [-0.1, -0.05) is 18.5 Å². The maximum absolute atomic E-state index is 13.1. The molecule has 104 valence electrons. The number of hydrogen-bond acceptors (Lipinski definition) is 4. The maximum Gasteiger partial charge on any atom is 0.458 e. The topological polar surface area (TPSA) is 40.0 Å². The molecule has 0 aliphatic carbocycles. The quantitative estimate of drug-likeness (QED) is 0.735. The first-order valence-electron chi connectivity index (χ1n) is 6.07. The molecule has 1 saturated heterocycles. The van der Waals surface area contributed by atoms with E-state index in [1.54, 1.807) is 0 Å². The van der Waals surface area contributed by atoms with E-state index < -0.39 is 24.2 Å². The van der Waals surface area contributed by atoms with Crippen molar-refractivity contribution in [3.05, 3.63) is 0 Å². The second kappa shape index (κ2) is 5.05. The third-order valence-corrected chi connectivity index (χ3v) is 3.13. The van der Waals surface area contributed by atoms with E-state index in [4.69, 9.17) is 9.47 Å². The van der Waals surface area contributed by atoms with Gasteiger partial charge in [0.05, 0.1) is 12.1 Å². The summed E-state index contributed by atoms with van der Waals surface area (Å²) >= 11 is 0. The van der Waals surface area contributed by atoms with Crippen molar-refractivity contribution in [2.24, 2.45) is 11.1 Å². The molecule has 3 atom stereocenters. The van der Waals surface area contributed by atoms with Gasteiger partial charge in [-0.2, -0.15) is 13.2 Å². The molecule has 2 aliphatic heterocycles. The Kier molecular flexibility index (Phi) is 3.82. The Balaban J connectivity index is 2.02. The fourth-order valence-corrected chi connectivity index (χ4v) is 2.10. The number of hydrogen-bond donors (Lipinski definition) is 0. The molecule has 1 fully saturated rings. The summed E-state index contributed by atoms with van der Waals surface area (Å²) in [7, 11) is 0. The van der Waals surface area contributed by atoms with E-state index in [9.17, 15) is 13.2 Å². The molecule has 0 bridgehead atoms. The van der Waals surface area contributed by atoms with Gasteiger partial charge in [-0.15, -0.1) is 0 Å². The highest BCUT2D eigenvalue weighted by Crippen LogP contribution is 2.48. The van der Waals surface area contributed by atoms with E-state index >= 15 is 0 Å². The van der Waals surface area contributed by atoms with Crippen molar-refractivity contribution in [3.63, 3.8) is 0 Å². The molecule has 3 unspecified atom stereocenters. The van der Waals surface area contributed by atoms with Gasteiger partial charge in [-0.25, -0.2) is 0 Å². The molecule has 2 rings (SSSR count). The second-order valence-corrected chi connectivity index (χ2v) is 4.47. The van der Waals surface area contributed by atoms with Crippen molar-refractivity contribution in [1.82, 2.24) is 0 Å². The molecular formula is C11H16F3NO3. The van der Waals surface area contributed by atoms with Crippen molar-refractivity contribution in [2.75, 3.05) is 6.61 Å². The number of rotatable bonds is 4. The molecule has 4 nitrogen and oxygen atoms in total. The summed E-state index contributed by atoms with van der Waals surface area (Å²) in [4.78, 5) is 4.49. The molecule has 0 saturated carbocycles. The van der Waals surface area contributed by atoms with Crippen molar-refractivity contribution in [1.29, 1.82) is 0 Å². The minimum absolute atomic E-state index is 0.291. The second-order valence-electron chi connectivity index (χ2n) is 4.47. The Bertz CT molecular complexity index is 321. The molecule has 0 N–H and O–H groups in total. The van der Waals surface area contributed by atoms with Crippen LogP contribution in [0.3, 0.4) is 0 Å². The van der Waals surface area contributed by atoms with Crippen molar-refractivity contribution < 1.29 is 27.5 Å². The van der Waals surface area contributed by atoms with Crippen molar-refractivity contribution >= 4 is 6.21 Å². The smallest absolute Gasteiger partial charge is 0.352 e. The fourth-order valence-electron chi connectivity index (χ4n) is 2.10. The lowest BCUT2D eigenvalue weighted by Gasteiger charge is -2.40. The number of halogens is 3. The summed E-state index contributed by atoms with van der Waals surface area (Å²) in [6.07, 6.45) is -1.92.